The lowest BCUT2D eigenvalue weighted by Gasteiger charge is -2.23. The highest BCUT2D eigenvalue weighted by atomic mass is 32.2. The van der Waals surface area contributed by atoms with Gasteiger partial charge in [-0.1, -0.05) is 12.1 Å². The van der Waals surface area contributed by atoms with E-state index in [1.807, 2.05) is 13.0 Å². The highest BCUT2D eigenvalue weighted by Gasteiger charge is 2.40. The van der Waals surface area contributed by atoms with Crippen LogP contribution in [-0.4, -0.2) is 44.9 Å². The summed E-state index contributed by atoms with van der Waals surface area (Å²) in [4.78, 5) is 17.1. The fourth-order valence-electron chi connectivity index (χ4n) is 3.23. The first-order chi connectivity index (χ1) is 13.0. The molecule has 1 aliphatic rings. The van der Waals surface area contributed by atoms with Crippen molar-refractivity contribution in [1.82, 2.24) is 18.0 Å². The van der Waals surface area contributed by atoms with Crippen molar-refractivity contribution in [1.29, 1.82) is 0 Å². The number of amides is 1. The molecule has 0 spiro atoms. The molecule has 3 heterocycles. The molecule has 1 atom stereocenters. The summed E-state index contributed by atoms with van der Waals surface area (Å²) in [7, 11) is -3.87. The smallest absolute Gasteiger partial charge is 0.246 e. The van der Waals surface area contributed by atoms with Crippen LogP contribution in [0.15, 0.2) is 41.3 Å². The number of sulfonamides is 1. The van der Waals surface area contributed by atoms with E-state index in [0.29, 0.717) is 29.7 Å². The molecule has 8 nitrogen and oxygen atoms in total. The molecule has 1 N–H and O–H groups in total. The zero-order chi connectivity index (χ0) is 19.0. The van der Waals surface area contributed by atoms with E-state index in [-0.39, 0.29) is 17.3 Å². The summed E-state index contributed by atoms with van der Waals surface area (Å²) in [5.74, 6) is 0.0350. The van der Waals surface area contributed by atoms with Gasteiger partial charge in [-0.2, -0.15) is 13.1 Å². The maximum absolute atomic E-state index is 13.2. The lowest BCUT2D eigenvalue weighted by molar-refractivity contribution is -0.119. The molecule has 1 saturated heterocycles. The Labute approximate surface area is 160 Å². The molecule has 4 rings (SSSR count). The second kappa shape index (κ2) is 6.95. The van der Waals surface area contributed by atoms with Gasteiger partial charge in [0.2, 0.25) is 15.9 Å². The second-order valence-electron chi connectivity index (χ2n) is 6.32. The van der Waals surface area contributed by atoms with Crippen LogP contribution in [0, 0.1) is 6.92 Å². The van der Waals surface area contributed by atoms with Crippen molar-refractivity contribution in [3.63, 3.8) is 0 Å². The summed E-state index contributed by atoms with van der Waals surface area (Å²) in [6, 6.07) is 9.38. The number of hydrogen-bond acceptors (Lipinski definition) is 7. The molecule has 2 aromatic heterocycles. The third-order valence-electron chi connectivity index (χ3n) is 4.48. The molecule has 0 aliphatic carbocycles. The fraction of sp³-hybridized carbons (Fsp3) is 0.294. The third-order valence-corrected chi connectivity index (χ3v) is 6.96. The first-order valence-electron chi connectivity index (χ1n) is 8.44. The molecule has 140 valence electrons. The van der Waals surface area contributed by atoms with Crippen molar-refractivity contribution in [3.05, 3.63) is 42.1 Å². The number of pyridine rings is 1. The highest BCUT2D eigenvalue weighted by molar-refractivity contribution is 7.89. The van der Waals surface area contributed by atoms with Crippen LogP contribution in [0.2, 0.25) is 0 Å². The van der Waals surface area contributed by atoms with E-state index >= 15 is 0 Å². The lowest BCUT2D eigenvalue weighted by Crippen LogP contribution is -2.43. The molecule has 10 heteroatoms. The zero-order valence-corrected chi connectivity index (χ0v) is 16.1. The minimum absolute atomic E-state index is 0.0853. The number of carbonyl (C=O) groups is 1. The Morgan fingerprint density at radius 3 is 2.85 bits per heavy atom. The Hall–Kier alpha value is -2.43. The van der Waals surface area contributed by atoms with E-state index in [9.17, 15) is 13.2 Å². The normalized spacial score (nSPS) is 18.0. The van der Waals surface area contributed by atoms with Gasteiger partial charge in [0, 0.05) is 12.2 Å². The van der Waals surface area contributed by atoms with Crippen molar-refractivity contribution in [3.8, 4) is 0 Å². The Morgan fingerprint density at radius 1 is 1.22 bits per heavy atom. The zero-order valence-electron chi connectivity index (χ0n) is 14.5. The van der Waals surface area contributed by atoms with Crippen LogP contribution in [0.25, 0.3) is 11.0 Å². The van der Waals surface area contributed by atoms with E-state index < -0.39 is 16.1 Å². The lowest BCUT2D eigenvalue weighted by atomic mass is 10.2. The number of fused-ring (bicyclic) bond motifs is 1. The summed E-state index contributed by atoms with van der Waals surface area (Å²) < 4.78 is 35.9. The summed E-state index contributed by atoms with van der Waals surface area (Å²) in [6.07, 6.45) is 1.08. The average Bonchev–Trinajstić information content (AvgIpc) is 3.31. The van der Waals surface area contributed by atoms with Crippen LogP contribution in [0.3, 0.4) is 0 Å². The first-order valence-corrected chi connectivity index (χ1v) is 10.6. The van der Waals surface area contributed by atoms with Crippen LogP contribution in [0.5, 0.6) is 0 Å². The van der Waals surface area contributed by atoms with Crippen LogP contribution < -0.4 is 5.32 Å². The first kappa shape index (κ1) is 18.0. The number of hydrogen-bond donors (Lipinski definition) is 1. The Bertz CT molecular complexity index is 1110. The molecule has 27 heavy (non-hydrogen) atoms. The van der Waals surface area contributed by atoms with Gasteiger partial charge in [0.15, 0.2) is 0 Å². The van der Waals surface area contributed by atoms with E-state index in [4.69, 9.17) is 0 Å². The molecule has 0 bridgehead atoms. The van der Waals surface area contributed by atoms with E-state index in [0.717, 1.165) is 17.4 Å². The molecule has 1 aromatic carbocycles. The Balaban J connectivity index is 1.64. The number of anilines is 1. The molecule has 0 radical (unpaired) electrons. The molecular formula is C17H17N5O3S2. The second-order valence-corrected chi connectivity index (χ2v) is 8.70. The molecule has 3 aromatic rings. The maximum atomic E-state index is 13.2. The molecule has 1 aliphatic heterocycles. The van der Waals surface area contributed by atoms with Gasteiger partial charge in [0.25, 0.3) is 0 Å². The molecular weight excluding hydrogens is 386 g/mol. The van der Waals surface area contributed by atoms with Gasteiger partial charge >= 0.3 is 0 Å². The largest absolute Gasteiger partial charge is 0.309 e. The van der Waals surface area contributed by atoms with Gasteiger partial charge in [0.1, 0.15) is 27.8 Å². The molecule has 0 saturated carbocycles. The number of carbonyl (C=O) groups excluding carboxylic acids is 1. The Kier molecular flexibility index (Phi) is 4.62. The van der Waals surface area contributed by atoms with Gasteiger partial charge < -0.3 is 5.32 Å². The SMILES string of the molecule is Cc1cccc(NC(=O)[C@@H]2CCCN2S(=O)(=O)c2cccc3nsnc23)n1. The predicted octanol–water partition coefficient (Wildman–Crippen LogP) is 2.19. The van der Waals surface area contributed by atoms with Crippen molar-refractivity contribution >= 4 is 44.5 Å². The summed E-state index contributed by atoms with van der Waals surface area (Å²) >= 11 is 0.965. The number of aryl methyl sites for hydroxylation is 1. The minimum Gasteiger partial charge on any atom is -0.309 e. The number of rotatable bonds is 4. The van der Waals surface area contributed by atoms with Crippen molar-refractivity contribution in [2.24, 2.45) is 0 Å². The number of aromatic nitrogens is 3. The predicted molar refractivity (Wildman–Crippen MR) is 102 cm³/mol. The summed E-state index contributed by atoms with van der Waals surface area (Å²) in [5.41, 5.74) is 1.64. The number of nitrogens with one attached hydrogen (secondary N) is 1. The van der Waals surface area contributed by atoms with Gasteiger partial charge in [-0.25, -0.2) is 13.4 Å². The van der Waals surface area contributed by atoms with Crippen molar-refractivity contribution in [2.45, 2.75) is 30.7 Å². The Morgan fingerprint density at radius 2 is 2.04 bits per heavy atom. The third kappa shape index (κ3) is 3.31. The topological polar surface area (TPSA) is 105 Å². The standard InChI is InChI=1S/C17H17N5O3S2/c1-11-5-2-9-15(18-11)19-17(23)13-7-4-10-22(13)27(24,25)14-8-3-6-12-16(14)21-26-20-12/h2-3,5-6,8-9,13H,4,7,10H2,1H3,(H,18,19,23)/t13-/m0/s1. The molecule has 0 unspecified atom stereocenters. The fourth-order valence-corrected chi connectivity index (χ4v) is 5.64. The molecule has 1 fully saturated rings. The van der Waals surface area contributed by atoms with Gasteiger partial charge in [-0.05, 0) is 44.0 Å². The van der Waals surface area contributed by atoms with Crippen LogP contribution >= 0.6 is 11.7 Å². The van der Waals surface area contributed by atoms with E-state index in [1.54, 1.807) is 24.3 Å². The van der Waals surface area contributed by atoms with Crippen LogP contribution in [-0.2, 0) is 14.8 Å². The number of nitrogens with zero attached hydrogens (tertiary/aromatic N) is 4. The van der Waals surface area contributed by atoms with E-state index in [1.165, 1.54) is 10.4 Å². The summed E-state index contributed by atoms with van der Waals surface area (Å²) in [5, 5.41) is 2.73. The monoisotopic (exact) mass is 403 g/mol. The van der Waals surface area contributed by atoms with Gasteiger partial charge in [0.05, 0.1) is 11.7 Å². The minimum atomic E-state index is -3.87. The maximum Gasteiger partial charge on any atom is 0.246 e. The van der Waals surface area contributed by atoms with Crippen LogP contribution in [0.4, 0.5) is 5.82 Å². The summed E-state index contributed by atoms with van der Waals surface area (Å²) in [6.45, 7) is 2.11. The van der Waals surface area contributed by atoms with E-state index in [2.05, 4.69) is 19.0 Å². The van der Waals surface area contributed by atoms with Crippen LogP contribution in [0.1, 0.15) is 18.5 Å². The van der Waals surface area contributed by atoms with Crippen molar-refractivity contribution < 1.29 is 13.2 Å². The average molecular weight is 403 g/mol. The van der Waals surface area contributed by atoms with Gasteiger partial charge in [-0.15, -0.1) is 0 Å². The quantitative estimate of drug-likeness (QED) is 0.716. The van der Waals surface area contributed by atoms with Crippen molar-refractivity contribution in [2.75, 3.05) is 11.9 Å². The van der Waals surface area contributed by atoms with Gasteiger partial charge in [-0.3, -0.25) is 4.79 Å². The molecule has 1 amide bonds. The number of benzene rings is 1. The highest BCUT2D eigenvalue weighted by Crippen LogP contribution is 2.30.